The molecule has 1 aromatic rings. The summed E-state index contributed by atoms with van der Waals surface area (Å²) in [6, 6.07) is 9.71. The number of amides is 1. The van der Waals surface area contributed by atoms with Gasteiger partial charge in [0.1, 0.15) is 10.9 Å². The van der Waals surface area contributed by atoms with Gasteiger partial charge in [0.15, 0.2) is 0 Å². The van der Waals surface area contributed by atoms with Gasteiger partial charge in [-0.2, -0.15) is 4.31 Å². The van der Waals surface area contributed by atoms with Crippen molar-refractivity contribution in [3.05, 3.63) is 48.0 Å². The average molecular weight is 436 g/mol. The van der Waals surface area contributed by atoms with Crippen LogP contribution in [-0.4, -0.2) is 41.8 Å². The molecule has 1 aromatic carbocycles. The van der Waals surface area contributed by atoms with Crippen LogP contribution in [0.3, 0.4) is 0 Å². The summed E-state index contributed by atoms with van der Waals surface area (Å²) in [5.74, 6) is 0.0363. The Hall–Kier alpha value is -1.86. The van der Waals surface area contributed by atoms with Gasteiger partial charge in [-0.15, -0.1) is 0 Å². The van der Waals surface area contributed by atoms with Crippen molar-refractivity contribution in [1.29, 1.82) is 0 Å². The van der Waals surface area contributed by atoms with E-state index in [2.05, 4.69) is 6.92 Å². The number of sulfonamides is 1. The highest BCUT2D eigenvalue weighted by Crippen LogP contribution is 2.49. The molecule has 1 amide bonds. The molecule has 3 rings (SSSR count). The maximum absolute atomic E-state index is 13.4. The van der Waals surface area contributed by atoms with Crippen LogP contribution in [0, 0.1) is 11.8 Å². The van der Waals surface area contributed by atoms with Crippen molar-refractivity contribution in [3.63, 3.8) is 0 Å². The van der Waals surface area contributed by atoms with Gasteiger partial charge >= 0.3 is 6.09 Å². The third-order valence-electron chi connectivity index (χ3n) is 5.98. The fraction of sp³-hybridized carbons (Fsp3) is 0.609. The molecule has 0 N–H and O–H groups in total. The third-order valence-corrected chi connectivity index (χ3v) is 8.23. The standard InChI is InChI=1S/C23H33NO5S/c1-6-17-12-13-20-19(14-17)23(5,16-28-15-18-10-8-7-9-11-18)24(30(20,26)27)21(25)29-22(2,3)4/h7-13,17,19-20H,6,14-16H2,1-5H3/t17-,19-,20-,23-/m0/s1. The summed E-state index contributed by atoms with van der Waals surface area (Å²) in [5.41, 5.74) is -0.815. The van der Waals surface area contributed by atoms with E-state index >= 15 is 0 Å². The van der Waals surface area contributed by atoms with Crippen LogP contribution in [0.4, 0.5) is 4.79 Å². The molecule has 0 bridgehead atoms. The van der Waals surface area contributed by atoms with Gasteiger partial charge in [0, 0.05) is 5.92 Å². The summed E-state index contributed by atoms with van der Waals surface area (Å²) in [7, 11) is -3.90. The number of allylic oxidation sites excluding steroid dienone is 1. The first-order chi connectivity index (χ1) is 14.0. The van der Waals surface area contributed by atoms with E-state index in [-0.39, 0.29) is 18.4 Å². The molecule has 4 atom stereocenters. The van der Waals surface area contributed by atoms with Crippen LogP contribution in [0.5, 0.6) is 0 Å². The minimum absolute atomic E-state index is 0.117. The number of benzene rings is 1. The number of carbonyl (C=O) groups is 1. The maximum Gasteiger partial charge on any atom is 0.424 e. The van der Waals surface area contributed by atoms with Gasteiger partial charge in [-0.05, 0) is 52.0 Å². The van der Waals surface area contributed by atoms with Crippen LogP contribution in [-0.2, 0) is 26.1 Å². The van der Waals surface area contributed by atoms with E-state index in [4.69, 9.17) is 9.47 Å². The Morgan fingerprint density at radius 1 is 1.20 bits per heavy atom. The normalized spacial score (nSPS) is 30.2. The summed E-state index contributed by atoms with van der Waals surface area (Å²) in [4.78, 5) is 13.1. The second-order valence-electron chi connectivity index (χ2n) is 9.49. The molecular weight excluding hydrogens is 402 g/mol. The highest BCUT2D eigenvalue weighted by molar-refractivity contribution is 7.90. The highest BCUT2D eigenvalue weighted by Gasteiger charge is 2.63. The zero-order valence-corrected chi connectivity index (χ0v) is 19.3. The molecule has 1 heterocycles. The predicted octanol–water partition coefficient (Wildman–Crippen LogP) is 4.51. The molecule has 30 heavy (non-hydrogen) atoms. The van der Waals surface area contributed by atoms with Crippen molar-refractivity contribution in [3.8, 4) is 0 Å². The Labute approximate surface area is 180 Å². The first-order valence-electron chi connectivity index (χ1n) is 10.6. The average Bonchev–Trinajstić information content (AvgIpc) is 2.84. The van der Waals surface area contributed by atoms with E-state index in [0.717, 1.165) is 16.3 Å². The fourth-order valence-corrected chi connectivity index (χ4v) is 6.82. The van der Waals surface area contributed by atoms with Crippen LogP contribution >= 0.6 is 0 Å². The van der Waals surface area contributed by atoms with Crippen molar-refractivity contribution in [1.82, 2.24) is 4.31 Å². The Bertz CT molecular complexity index is 890. The molecular formula is C23H33NO5S. The van der Waals surface area contributed by atoms with E-state index in [9.17, 15) is 13.2 Å². The number of hydrogen-bond donors (Lipinski definition) is 0. The molecule has 1 fully saturated rings. The Morgan fingerprint density at radius 2 is 1.87 bits per heavy atom. The lowest BCUT2D eigenvalue weighted by Crippen LogP contribution is -2.54. The largest absolute Gasteiger partial charge is 0.443 e. The first-order valence-corrected chi connectivity index (χ1v) is 12.1. The van der Waals surface area contributed by atoms with Crippen LogP contribution in [0.25, 0.3) is 0 Å². The monoisotopic (exact) mass is 435 g/mol. The van der Waals surface area contributed by atoms with E-state index in [1.807, 2.05) is 43.3 Å². The van der Waals surface area contributed by atoms with Gasteiger partial charge in [0.2, 0.25) is 10.0 Å². The maximum atomic E-state index is 13.4. The molecule has 0 saturated carbocycles. The summed E-state index contributed by atoms with van der Waals surface area (Å²) in [5, 5.41) is -0.738. The van der Waals surface area contributed by atoms with Crippen LogP contribution in [0.1, 0.15) is 53.0 Å². The molecule has 166 valence electrons. The van der Waals surface area contributed by atoms with Gasteiger partial charge in [-0.3, -0.25) is 0 Å². The molecule has 1 aliphatic carbocycles. The zero-order chi connectivity index (χ0) is 22.2. The minimum atomic E-state index is -3.90. The summed E-state index contributed by atoms with van der Waals surface area (Å²) in [6.45, 7) is 9.57. The van der Waals surface area contributed by atoms with Crippen molar-refractivity contribution in [2.75, 3.05) is 6.61 Å². The molecule has 0 unspecified atom stereocenters. The number of nitrogens with zero attached hydrogens (tertiary/aromatic N) is 1. The van der Waals surface area contributed by atoms with Crippen LogP contribution < -0.4 is 0 Å². The molecule has 1 aliphatic heterocycles. The molecule has 0 radical (unpaired) electrons. The van der Waals surface area contributed by atoms with Gasteiger partial charge < -0.3 is 9.47 Å². The third kappa shape index (κ3) is 4.42. The molecule has 6 nitrogen and oxygen atoms in total. The zero-order valence-electron chi connectivity index (χ0n) is 18.5. The molecule has 2 aliphatic rings. The predicted molar refractivity (Wildman–Crippen MR) is 116 cm³/mol. The van der Waals surface area contributed by atoms with E-state index in [0.29, 0.717) is 13.0 Å². The van der Waals surface area contributed by atoms with Crippen molar-refractivity contribution < 1.29 is 22.7 Å². The molecule has 1 saturated heterocycles. The van der Waals surface area contributed by atoms with Gasteiger partial charge in [0.05, 0.1) is 18.8 Å². The number of fused-ring (bicyclic) bond motifs is 1. The fourth-order valence-electron chi connectivity index (χ4n) is 4.45. The molecule has 0 spiro atoms. The van der Waals surface area contributed by atoms with Gasteiger partial charge in [0.25, 0.3) is 0 Å². The van der Waals surface area contributed by atoms with Crippen LogP contribution in [0.15, 0.2) is 42.5 Å². The summed E-state index contributed by atoms with van der Waals surface area (Å²) in [6.07, 6.45) is 4.53. The SMILES string of the molecule is CC[C@H]1C=C[C@H]2[C@H](C1)[C@](C)(COCc1ccccc1)N(C(=O)OC(C)(C)C)S2(=O)=O. The topological polar surface area (TPSA) is 72.9 Å². The smallest absolute Gasteiger partial charge is 0.424 e. The number of carbonyl (C=O) groups excluding carboxylic acids is 1. The van der Waals surface area contributed by atoms with Gasteiger partial charge in [-0.1, -0.05) is 49.4 Å². The quantitative estimate of drug-likeness (QED) is 0.636. The van der Waals surface area contributed by atoms with Crippen molar-refractivity contribution >= 4 is 16.1 Å². The number of hydrogen-bond acceptors (Lipinski definition) is 5. The van der Waals surface area contributed by atoms with Gasteiger partial charge in [-0.25, -0.2) is 13.2 Å². The lowest BCUT2D eigenvalue weighted by Gasteiger charge is -2.39. The van der Waals surface area contributed by atoms with Crippen LogP contribution in [0.2, 0.25) is 0 Å². The Kier molecular flexibility index (Phi) is 6.35. The van der Waals surface area contributed by atoms with E-state index in [1.54, 1.807) is 26.8 Å². The lowest BCUT2D eigenvalue weighted by atomic mass is 9.74. The molecule has 7 heteroatoms. The lowest BCUT2D eigenvalue weighted by molar-refractivity contribution is -0.0155. The number of ether oxygens (including phenoxy) is 2. The minimum Gasteiger partial charge on any atom is -0.443 e. The highest BCUT2D eigenvalue weighted by atomic mass is 32.2. The molecule has 0 aromatic heterocycles. The Balaban J connectivity index is 1.93. The van der Waals surface area contributed by atoms with E-state index < -0.39 is 32.5 Å². The van der Waals surface area contributed by atoms with E-state index in [1.165, 1.54) is 0 Å². The second kappa shape index (κ2) is 8.35. The number of rotatable bonds is 5. The summed E-state index contributed by atoms with van der Waals surface area (Å²) >= 11 is 0. The Morgan fingerprint density at radius 3 is 2.47 bits per heavy atom. The van der Waals surface area contributed by atoms with Crippen molar-refractivity contribution in [2.24, 2.45) is 11.8 Å². The first kappa shape index (κ1) is 22.8. The summed E-state index contributed by atoms with van der Waals surface area (Å²) < 4.78 is 39.3. The van der Waals surface area contributed by atoms with Crippen molar-refractivity contribution in [2.45, 2.75) is 70.5 Å². The second-order valence-corrected chi connectivity index (χ2v) is 11.4.